The van der Waals surface area contributed by atoms with Crippen LogP contribution in [0, 0.1) is 0 Å². The van der Waals surface area contributed by atoms with Gasteiger partial charge in [0.1, 0.15) is 5.82 Å². The van der Waals surface area contributed by atoms with E-state index in [1.807, 2.05) is 43.5 Å². The van der Waals surface area contributed by atoms with Crippen molar-refractivity contribution in [3.05, 3.63) is 66.1 Å². The van der Waals surface area contributed by atoms with Crippen molar-refractivity contribution in [3.8, 4) is 11.1 Å². The predicted octanol–water partition coefficient (Wildman–Crippen LogP) is 4.00. The average Bonchev–Trinajstić information content (AvgIpc) is 2.80. The van der Waals surface area contributed by atoms with E-state index < -0.39 is 0 Å². The topological polar surface area (TPSA) is 71.2 Å². The summed E-state index contributed by atoms with van der Waals surface area (Å²) in [6.07, 6.45) is 8.35. The molecule has 1 aliphatic rings. The Morgan fingerprint density at radius 3 is 2.45 bits per heavy atom. The van der Waals surface area contributed by atoms with Gasteiger partial charge in [0.15, 0.2) is 0 Å². The van der Waals surface area contributed by atoms with Gasteiger partial charge in [-0.1, -0.05) is 30.3 Å². The van der Waals surface area contributed by atoms with E-state index in [1.165, 1.54) is 12.0 Å². The summed E-state index contributed by atoms with van der Waals surface area (Å²) in [5.74, 6) is 1.71. The van der Waals surface area contributed by atoms with Crippen LogP contribution in [0.15, 0.2) is 54.9 Å². The summed E-state index contributed by atoms with van der Waals surface area (Å²) in [6.45, 7) is 3.38. The lowest BCUT2D eigenvalue weighted by atomic mass is 9.89. The van der Waals surface area contributed by atoms with Crippen LogP contribution in [0.3, 0.4) is 0 Å². The fourth-order valence-electron chi connectivity index (χ4n) is 4.28. The summed E-state index contributed by atoms with van der Waals surface area (Å²) in [7, 11) is 3.97. The van der Waals surface area contributed by atoms with E-state index in [0.717, 1.165) is 61.7 Å². The molecule has 0 amide bonds. The van der Waals surface area contributed by atoms with E-state index in [1.54, 1.807) is 0 Å². The monoisotopic (exact) mass is 416 g/mol. The first-order valence-corrected chi connectivity index (χ1v) is 11.1. The van der Waals surface area contributed by atoms with Crippen molar-refractivity contribution in [3.63, 3.8) is 0 Å². The zero-order chi connectivity index (χ0) is 21.6. The summed E-state index contributed by atoms with van der Waals surface area (Å²) >= 11 is 0. The maximum absolute atomic E-state index is 5.79. The van der Waals surface area contributed by atoms with Crippen LogP contribution >= 0.6 is 0 Å². The van der Waals surface area contributed by atoms with Crippen LogP contribution in [0.4, 0.5) is 11.8 Å². The summed E-state index contributed by atoms with van der Waals surface area (Å²) < 4.78 is 0. The molecule has 0 saturated carbocycles. The van der Waals surface area contributed by atoms with Crippen molar-refractivity contribution in [2.75, 3.05) is 44.4 Å². The van der Waals surface area contributed by atoms with Crippen LogP contribution in [0.5, 0.6) is 0 Å². The van der Waals surface area contributed by atoms with Crippen LogP contribution in [-0.4, -0.2) is 53.6 Å². The molecule has 1 fully saturated rings. The highest BCUT2D eigenvalue weighted by atomic mass is 15.2. The lowest BCUT2D eigenvalue weighted by Gasteiger charge is -2.32. The van der Waals surface area contributed by atoms with Crippen molar-refractivity contribution in [2.45, 2.75) is 31.6 Å². The van der Waals surface area contributed by atoms with Crippen LogP contribution < -0.4 is 10.6 Å². The minimum atomic E-state index is 0.430. The standard InChI is InChI=1S/C25H32N6/c1-30(2)25-28-18-22(21-10-11-23(26)27-17-21)24(29-25)20-12-15-31(16-13-20)14-6-9-19-7-4-3-5-8-19/h3-5,7-8,10-11,17-18,20H,6,9,12-16H2,1-2H3,(H2,26,27). The quantitative estimate of drug-likeness (QED) is 0.628. The molecule has 4 rings (SSSR count). The van der Waals surface area contributed by atoms with Crippen molar-refractivity contribution in [2.24, 2.45) is 0 Å². The van der Waals surface area contributed by atoms with Gasteiger partial charge in [-0.25, -0.2) is 15.0 Å². The van der Waals surface area contributed by atoms with E-state index in [9.17, 15) is 0 Å². The molecular weight excluding hydrogens is 384 g/mol. The van der Waals surface area contributed by atoms with Gasteiger partial charge >= 0.3 is 0 Å². The number of aryl methyl sites for hydroxylation is 1. The number of benzene rings is 1. The average molecular weight is 417 g/mol. The highest BCUT2D eigenvalue weighted by Crippen LogP contribution is 2.34. The molecule has 0 aliphatic carbocycles. The molecule has 0 unspecified atom stereocenters. The zero-order valence-corrected chi connectivity index (χ0v) is 18.5. The molecule has 1 saturated heterocycles. The van der Waals surface area contributed by atoms with Gasteiger partial charge in [-0.3, -0.25) is 0 Å². The molecule has 6 heteroatoms. The van der Waals surface area contributed by atoms with Gasteiger partial charge in [-0.2, -0.15) is 0 Å². The van der Waals surface area contributed by atoms with Crippen LogP contribution in [0.25, 0.3) is 11.1 Å². The first-order valence-electron chi connectivity index (χ1n) is 11.1. The maximum Gasteiger partial charge on any atom is 0.225 e. The number of pyridine rings is 1. The minimum absolute atomic E-state index is 0.430. The Morgan fingerprint density at radius 1 is 1.00 bits per heavy atom. The summed E-state index contributed by atoms with van der Waals surface area (Å²) in [5, 5.41) is 0. The Balaban J connectivity index is 1.43. The summed E-state index contributed by atoms with van der Waals surface area (Å²) in [6, 6.07) is 14.6. The highest BCUT2D eigenvalue weighted by molar-refractivity contribution is 5.66. The molecule has 0 spiro atoms. The van der Waals surface area contributed by atoms with Crippen LogP contribution in [0.1, 0.15) is 36.4 Å². The van der Waals surface area contributed by atoms with Gasteiger partial charge in [-0.15, -0.1) is 0 Å². The summed E-state index contributed by atoms with van der Waals surface area (Å²) in [4.78, 5) is 18.4. The Bertz CT molecular complexity index is 963. The molecular formula is C25H32N6. The van der Waals surface area contributed by atoms with Crippen LogP contribution in [0.2, 0.25) is 0 Å². The molecule has 31 heavy (non-hydrogen) atoms. The molecule has 0 radical (unpaired) electrons. The fraction of sp³-hybridized carbons (Fsp3) is 0.400. The molecule has 1 aliphatic heterocycles. The fourth-order valence-corrected chi connectivity index (χ4v) is 4.28. The normalized spacial score (nSPS) is 15.2. The second-order valence-electron chi connectivity index (χ2n) is 8.54. The van der Waals surface area contributed by atoms with E-state index >= 15 is 0 Å². The molecule has 162 valence electrons. The predicted molar refractivity (Wildman–Crippen MR) is 127 cm³/mol. The number of piperidine rings is 1. The van der Waals surface area contributed by atoms with E-state index in [0.29, 0.717) is 11.7 Å². The Hall–Kier alpha value is -2.99. The third-order valence-electron chi connectivity index (χ3n) is 6.06. The van der Waals surface area contributed by atoms with Crippen molar-refractivity contribution in [1.29, 1.82) is 0 Å². The molecule has 0 bridgehead atoms. The number of aromatic nitrogens is 3. The molecule has 6 nitrogen and oxygen atoms in total. The molecule has 3 heterocycles. The number of rotatable bonds is 7. The number of anilines is 2. The molecule has 1 aromatic carbocycles. The number of nitrogen functional groups attached to an aromatic ring is 1. The first kappa shape index (κ1) is 21.2. The number of nitrogens with two attached hydrogens (primary N) is 1. The largest absolute Gasteiger partial charge is 0.384 e. The summed E-state index contributed by atoms with van der Waals surface area (Å²) in [5.41, 5.74) is 10.4. The third-order valence-corrected chi connectivity index (χ3v) is 6.06. The molecule has 2 aromatic heterocycles. The molecule has 0 atom stereocenters. The number of nitrogens with zero attached hydrogens (tertiary/aromatic N) is 5. The Morgan fingerprint density at radius 2 is 1.77 bits per heavy atom. The minimum Gasteiger partial charge on any atom is -0.384 e. The second kappa shape index (κ2) is 9.88. The second-order valence-corrected chi connectivity index (χ2v) is 8.54. The molecule has 3 aromatic rings. The Kier molecular flexibility index (Phi) is 6.77. The van der Waals surface area contributed by atoms with Crippen molar-refractivity contribution >= 4 is 11.8 Å². The molecule has 2 N–H and O–H groups in total. The smallest absolute Gasteiger partial charge is 0.225 e. The van der Waals surface area contributed by atoms with E-state index in [2.05, 4.69) is 45.2 Å². The third kappa shape index (κ3) is 5.39. The van der Waals surface area contributed by atoms with E-state index in [4.69, 9.17) is 10.7 Å². The highest BCUT2D eigenvalue weighted by Gasteiger charge is 2.25. The van der Waals surface area contributed by atoms with Crippen molar-refractivity contribution in [1.82, 2.24) is 19.9 Å². The SMILES string of the molecule is CN(C)c1ncc(-c2ccc(N)nc2)c(C2CCN(CCCc3ccccc3)CC2)n1. The lowest BCUT2D eigenvalue weighted by molar-refractivity contribution is 0.209. The maximum atomic E-state index is 5.79. The van der Waals surface area contributed by atoms with Gasteiger partial charge in [0, 0.05) is 43.5 Å². The van der Waals surface area contributed by atoms with E-state index in [-0.39, 0.29) is 0 Å². The van der Waals surface area contributed by atoms with Gasteiger partial charge in [0.05, 0.1) is 5.69 Å². The number of likely N-dealkylation sites (tertiary alicyclic amines) is 1. The van der Waals surface area contributed by atoms with Crippen LogP contribution in [-0.2, 0) is 6.42 Å². The van der Waals surface area contributed by atoms with Gasteiger partial charge < -0.3 is 15.5 Å². The van der Waals surface area contributed by atoms with Gasteiger partial charge in [0.25, 0.3) is 0 Å². The zero-order valence-electron chi connectivity index (χ0n) is 18.5. The van der Waals surface area contributed by atoms with Gasteiger partial charge in [0.2, 0.25) is 5.95 Å². The first-order chi connectivity index (χ1) is 15.1. The Labute approximate surface area is 185 Å². The van der Waals surface area contributed by atoms with Gasteiger partial charge in [-0.05, 0) is 63.0 Å². The van der Waals surface area contributed by atoms with Crippen molar-refractivity contribution < 1.29 is 0 Å². The number of hydrogen-bond acceptors (Lipinski definition) is 6. The lowest BCUT2D eigenvalue weighted by Crippen LogP contribution is -2.34. The number of hydrogen-bond donors (Lipinski definition) is 1.